The van der Waals surface area contributed by atoms with Crippen LogP contribution in [-0.4, -0.2) is 23.6 Å². The van der Waals surface area contributed by atoms with Gasteiger partial charge in [-0.25, -0.2) is 4.79 Å². The minimum atomic E-state index is -2.94. The van der Waals surface area contributed by atoms with Gasteiger partial charge in [-0.05, 0) is 24.6 Å². The summed E-state index contributed by atoms with van der Waals surface area (Å²) in [6, 6.07) is 6.57. The third-order valence-corrected chi connectivity index (χ3v) is 3.52. The molecule has 1 unspecified atom stereocenters. The maximum Gasteiger partial charge on any atom is 0.387 e. The SMILES string of the molecule is CCc1oc(C(=O)NC(C)c2cccc(OC(F)F)c2)cc1C(=O)O. The molecule has 0 radical (unpaired) electrons. The summed E-state index contributed by atoms with van der Waals surface area (Å²) in [5.41, 5.74) is 0.486. The van der Waals surface area contributed by atoms with Gasteiger partial charge >= 0.3 is 12.6 Å². The summed E-state index contributed by atoms with van der Waals surface area (Å²) < 4.78 is 34.2. The summed E-state index contributed by atoms with van der Waals surface area (Å²) in [5.74, 6) is -1.72. The summed E-state index contributed by atoms with van der Waals surface area (Å²) in [5, 5.41) is 11.7. The topological polar surface area (TPSA) is 88.8 Å². The van der Waals surface area contributed by atoms with Crippen molar-refractivity contribution in [3.05, 3.63) is 53.0 Å². The van der Waals surface area contributed by atoms with E-state index < -0.39 is 24.5 Å². The van der Waals surface area contributed by atoms with E-state index in [4.69, 9.17) is 9.52 Å². The van der Waals surface area contributed by atoms with Crippen LogP contribution in [0.5, 0.6) is 5.75 Å². The van der Waals surface area contributed by atoms with E-state index in [-0.39, 0.29) is 22.8 Å². The van der Waals surface area contributed by atoms with Gasteiger partial charge in [-0.15, -0.1) is 0 Å². The van der Waals surface area contributed by atoms with Crippen LogP contribution in [0.2, 0.25) is 0 Å². The summed E-state index contributed by atoms with van der Waals surface area (Å²) in [7, 11) is 0. The van der Waals surface area contributed by atoms with Crippen LogP contribution < -0.4 is 10.1 Å². The molecular weight excluding hydrogens is 336 g/mol. The number of benzene rings is 1. The predicted molar refractivity (Wildman–Crippen MR) is 84.0 cm³/mol. The summed E-state index contributed by atoms with van der Waals surface area (Å²) >= 11 is 0. The number of ether oxygens (including phenoxy) is 1. The lowest BCUT2D eigenvalue weighted by atomic mass is 10.1. The molecule has 0 bridgehead atoms. The lowest BCUT2D eigenvalue weighted by Gasteiger charge is -2.14. The molecule has 2 N–H and O–H groups in total. The number of carboxylic acid groups (broad SMARTS) is 1. The van der Waals surface area contributed by atoms with Crippen LogP contribution in [0.4, 0.5) is 8.78 Å². The van der Waals surface area contributed by atoms with Gasteiger partial charge in [0.15, 0.2) is 5.76 Å². The Labute approximate surface area is 142 Å². The molecule has 25 heavy (non-hydrogen) atoms. The number of aryl methyl sites for hydroxylation is 1. The molecule has 2 rings (SSSR count). The number of hydrogen-bond acceptors (Lipinski definition) is 4. The van der Waals surface area contributed by atoms with Crippen molar-refractivity contribution >= 4 is 11.9 Å². The highest BCUT2D eigenvalue weighted by Gasteiger charge is 2.21. The molecular formula is C17H17F2NO5. The van der Waals surface area contributed by atoms with Gasteiger partial charge < -0.3 is 19.6 Å². The van der Waals surface area contributed by atoms with Crippen molar-refractivity contribution in [1.82, 2.24) is 5.32 Å². The van der Waals surface area contributed by atoms with Gasteiger partial charge in [0.05, 0.1) is 6.04 Å². The molecule has 1 atom stereocenters. The second kappa shape index (κ2) is 7.78. The number of carboxylic acids is 1. The van der Waals surface area contributed by atoms with E-state index >= 15 is 0 Å². The minimum Gasteiger partial charge on any atom is -0.478 e. The molecule has 8 heteroatoms. The Morgan fingerprint density at radius 2 is 2.04 bits per heavy atom. The van der Waals surface area contributed by atoms with Crippen molar-refractivity contribution in [3.63, 3.8) is 0 Å². The number of aromatic carboxylic acids is 1. The molecule has 0 saturated carbocycles. The van der Waals surface area contributed by atoms with E-state index in [9.17, 15) is 18.4 Å². The molecule has 1 amide bonds. The molecule has 0 aliphatic heterocycles. The minimum absolute atomic E-state index is 0.0203. The number of amides is 1. The molecule has 1 aromatic carbocycles. The number of halogens is 2. The average Bonchev–Trinajstić information content (AvgIpc) is 2.99. The lowest BCUT2D eigenvalue weighted by molar-refractivity contribution is -0.0499. The molecule has 0 saturated heterocycles. The molecule has 0 aliphatic rings. The first-order chi connectivity index (χ1) is 11.8. The van der Waals surface area contributed by atoms with Gasteiger partial charge in [0.25, 0.3) is 5.91 Å². The van der Waals surface area contributed by atoms with Gasteiger partial charge in [0.2, 0.25) is 0 Å². The van der Waals surface area contributed by atoms with Crippen molar-refractivity contribution in [1.29, 1.82) is 0 Å². The Balaban J connectivity index is 2.13. The van der Waals surface area contributed by atoms with Crippen LogP contribution in [0.3, 0.4) is 0 Å². The van der Waals surface area contributed by atoms with Crippen molar-refractivity contribution in [2.75, 3.05) is 0 Å². The highest BCUT2D eigenvalue weighted by atomic mass is 19.3. The standard InChI is InChI=1S/C17H17F2NO5/c1-3-13-12(16(22)23)8-14(25-13)15(21)20-9(2)10-5-4-6-11(7-10)24-17(18)19/h4-9,17H,3H2,1-2H3,(H,20,21)(H,22,23). The smallest absolute Gasteiger partial charge is 0.387 e. The first kappa shape index (κ1) is 18.4. The predicted octanol–water partition coefficient (Wildman–Crippen LogP) is 3.63. The average molecular weight is 353 g/mol. The fraction of sp³-hybridized carbons (Fsp3) is 0.294. The third-order valence-electron chi connectivity index (χ3n) is 3.52. The Hall–Kier alpha value is -2.90. The maximum atomic E-state index is 12.3. The van der Waals surface area contributed by atoms with E-state index in [1.807, 2.05) is 0 Å². The van der Waals surface area contributed by atoms with Crippen molar-refractivity contribution in [2.24, 2.45) is 0 Å². The number of carbonyl (C=O) groups excluding carboxylic acids is 1. The first-order valence-electron chi connectivity index (χ1n) is 7.53. The molecule has 0 fully saturated rings. The Bertz CT molecular complexity index is 772. The van der Waals surface area contributed by atoms with E-state index in [2.05, 4.69) is 10.1 Å². The Kier molecular flexibility index (Phi) is 5.74. The molecule has 1 heterocycles. The number of hydrogen-bond donors (Lipinski definition) is 2. The number of nitrogens with one attached hydrogen (secondary N) is 1. The zero-order valence-corrected chi connectivity index (χ0v) is 13.6. The Morgan fingerprint density at radius 3 is 2.60 bits per heavy atom. The fourth-order valence-corrected chi connectivity index (χ4v) is 2.30. The van der Waals surface area contributed by atoms with Crippen molar-refractivity contribution in [2.45, 2.75) is 32.9 Å². The number of alkyl halides is 2. The molecule has 0 spiro atoms. The van der Waals surface area contributed by atoms with Gasteiger partial charge in [-0.3, -0.25) is 4.79 Å². The molecule has 134 valence electrons. The molecule has 0 aliphatic carbocycles. The van der Waals surface area contributed by atoms with Crippen molar-refractivity contribution in [3.8, 4) is 5.75 Å². The van der Waals surface area contributed by atoms with Gasteiger partial charge in [-0.2, -0.15) is 8.78 Å². The van der Waals surface area contributed by atoms with E-state index in [1.54, 1.807) is 19.9 Å². The quantitative estimate of drug-likeness (QED) is 0.793. The summed E-state index contributed by atoms with van der Waals surface area (Å²) in [4.78, 5) is 23.4. The largest absolute Gasteiger partial charge is 0.478 e. The number of carbonyl (C=O) groups is 2. The van der Waals surface area contributed by atoms with Crippen molar-refractivity contribution < 1.29 is 32.6 Å². The molecule has 1 aromatic heterocycles. The summed E-state index contributed by atoms with van der Waals surface area (Å²) in [6.07, 6.45) is 0.331. The highest BCUT2D eigenvalue weighted by molar-refractivity contribution is 5.96. The second-order valence-corrected chi connectivity index (χ2v) is 5.25. The second-order valence-electron chi connectivity index (χ2n) is 5.25. The number of furan rings is 1. The number of rotatable bonds is 7. The fourth-order valence-electron chi connectivity index (χ4n) is 2.30. The van der Waals surface area contributed by atoms with Crippen LogP contribution in [-0.2, 0) is 6.42 Å². The van der Waals surface area contributed by atoms with Crippen LogP contribution in [0.15, 0.2) is 34.7 Å². The van der Waals surface area contributed by atoms with E-state index in [1.165, 1.54) is 24.3 Å². The lowest BCUT2D eigenvalue weighted by Crippen LogP contribution is -2.26. The molecule has 2 aromatic rings. The zero-order chi connectivity index (χ0) is 18.6. The van der Waals surface area contributed by atoms with Gasteiger partial charge in [0.1, 0.15) is 17.1 Å². The third kappa shape index (κ3) is 4.56. The van der Waals surface area contributed by atoms with Crippen LogP contribution in [0.25, 0.3) is 0 Å². The Morgan fingerprint density at radius 1 is 1.32 bits per heavy atom. The van der Waals surface area contributed by atoms with Gasteiger partial charge in [0, 0.05) is 12.5 Å². The normalized spacial score (nSPS) is 12.0. The van der Waals surface area contributed by atoms with Crippen LogP contribution in [0.1, 0.15) is 52.1 Å². The zero-order valence-electron chi connectivity index (χ0n) is 13.6. The van der Waals surface area contributed by atoms with E-state index in [0.717, 1.165) is 0 Å². The maximum absolute atomic E-state index is 12.3. The van der Waals surface area contributed by atoms with Crippen LogP contribution >= 0.6 is 0 Å². The van der Waals surface area contributed by atoms with E-state index in [0.29, 0.717) is 12.0 Å². The van der Waals surface area contributed by atoms with Crippen LogP contribution in [0, 0.1) is 0 Å². The highest BCUT2D eigenvalue weighted by Crippen LogP contribution is 2.22. The monoisotopic (exact) mass is 353 g/mol. The first-order valence-corrected chi connectivity index (χ1v) is 7.53. The summed E-state index contributed by atoms with van der Waals surface area (Å²) in [6.45, 7) is 0.427. The molecule has 6 nitrogen and oxygen atoms in total. The van der Waals surface area contributed by atoms with Gasteiger partial charge in [-0.1, -0.05) is 19.1 Å².